The summed E-state index contributed by atoms with van der Waals surface area (Å²) in [6.07, 6.45) is 0.516. The van der Waals surface area contributed by atoms with Crippen LogP contribution in [0.1, 0.15) is 38.5 Å². The monoisotopic (exact) mass is 480 g/mol. The minimum atomic E-state index is -4.79. The number of aliphatic hydroxyl groups is 1. The summed E-state index contributed by atoms with van der Waals surface area (Å²) < 4.78 is 46.8. The molecule has 2 aliphatic carbocycles. The van der Waals surface area contributed by atoms with Crippen LogP contribution in [0.25, 0.3) is 11.3 Å². The number of aromatic nitrogens is 2. The van der Waals surface area contributed by atoms with E-state index < -0.39 is 18.6 Å². The molecule has 11 heteroatoms. The van der Waals surface area contributed by atoms with E-state index in [1.807, 2.05) is 11.9 Å². The first-order chi connectivity index (χ1) is 16.2. The highest BCUT2D eigenvalue weighted by atomic mass is 19.4. The number of ether oxygens (including phenoxy) is 2. The zero-order valence-corrected chi connectivity index (χ0v) is 18.7. The standard InChI is InChI=1S/C23H27F3N4O4/c1-30(13-14-6-7-14)21-20(15-8-10-16(11-9-15)34-23(24,25)26)29-19(12-27-21)33-22(32)28-17-4-2-3-5-18(17)31/h8-12,14,17-18,31H,2-7,13H2,1H3,(H,28,32)/t17-,18-/m1/s1. The van der Waals surface area contributed by atoms with Gasteiger partial charge in [0.15, 0.2) is 5.82 Å². The first kappa shape index (κ1) is 24.1. The second kappa shape index (κ2) is 10.0. The van der Waals surface area contributed by atoms with Gasteiger partial charge in [0.2, 0.25) is 5.88 Å². The van der Waals surface area contributed by atoms with Crippen LogP contribution in [0.5, 0.6) is 11.6 Å². The molecule has 2 N–H and O–H groups in total. The van der Waals surface area contributed by atoms with Gasteiger partial charge >= 0.3 is 12.5 Å². The average molecular weight is 480 g/mol. The maximum absolute atomic E-state index is 12.5. The molecule has 1 amide bonds. The second-order valence-electron chi connectivity index (χ2n) is 8.77. The summed E-state index contributed by atoms with van der Waals surface area (Å²) in [5, 5.41) is 12.7. The van der Waals surface area contributed by atoms with Gasteiger partial charge in [-0.05, 0) is 55.9 Å². The number of halogens is 3. The summed E-state index contributed by atoms with van der Waals surface area (Å²) >= 11 is 0. The quantitative estimate of drug-likeness (QED) is 0.611. The van der Waals surface area contributed by atoms with Gasteiger partial charge in [-0.1, -0.05) is 12.8 Å². The number of alkyl halides is 3. The van der Waals surface area contributed by atoms with E-state index in [-0.39, 0.29) is 17.7 Å². The van der Waals surface area contributed by atoms with Gasteiger partial charge in [-0.25, -0.2) is 14.8 Å². The van der Waals surface area contributed by atoms with Gasteiger partial charge < -0.3 is 24.8 Å². The number of anilines is 1. The Hall–Kier alpha value is -3.08. The van der Waals surface area contributed by atoms with Crippen molar-refractivity contribution in [3.8, 4) is 22.9 Å². The van der Waals surface area contributed by atoms with E-state index in [0.717, 1.165) is 32.2 Å². The first-order valence-corrected chi connectivity index (χ1v) is 11.3. The summed E-state index contributed by atoms with van der Waals surface area (Å²) in [7, 11) is 1.87. The Morgan fingerprint density at radius 2 is 1.88 bits per heavy atom. The number of carbonyl (C=O) groups excluding carboxylic acids is 1. The van der Waals surface area contributed by atoms with Crippen LogP contribution < -0.4 is 19.7 Å². The van der Waals surface area contributed by atoms with Gasteiger partial charge in [0.25, 0.3) is 0 Å². The molecule has 0 spiro atoms. The van der Waals surface area contributed by atoms with Crippen LogP contribution >= 0.6 is 0 Å². The molecule has 8 nitrogen and oxygen atoms in total. The maximum Gasteiger partial charge on any atom is 0.573 e. The summed E-state index contributed by atoms with van der Waals surface area (Å²) in [4.78, 5) is 23.2. The molecule has 4 rings (SSSR count). The highest BCUT2D eigenvalue weighted by molar-refractivity contribution is 5.74. The third kappa shape index (κ3) is 6.49. The Kier molecular flexibility index (Phi) is 7.11. The molecule has 2 aromatic rings. The van der Waals surface area contributed by atoms with Crippen LogP contribution in [-0.4, -0.2) is 53.3 Å². The Balaban J connectivity index is 1.54. The molecule has 0 saturated heterocycles. The van der Waals surface area contributed by atoms with Crippen LogP contribution in [0.3, 0.4) is 0 Å². The lowest BCUT2D eigenvalue weighted by molar-refractivity contribution is -0.274. The minimum absolute atomic E-state index is 0.0583. The highest BCUT2D eigenvalue weighted by Gasteiger charge is 2.31. The summed E-state index contributed by atoms with van der Waals surface area (Å²) in [6.45, 7) is 0.761. The minimum Gasteiger partial charge on any atom is -0.406 e. The zero-order valence-electron chi connectivity index (χ0n) is 18.7. The summed E-state index contributed by atoms with van der Waals surface area (Å²) in [5.74, 6) is 0.671. The van der Waals surface area contributed by atoms with E-state index in [2.05, 4.69) is 20.0 Å². The van der Waals surface area contributed by atoms with Gasteiger partial charge in [-0.15, -0.1) is 13.2 Å². The lowest BCUT2D eigenvalue weighted by Crippen LogP contribution is -2.46. The van der Waals surface area contributed by atoms with E-state index in [9.17, 15) is 23.1 Å². The Morgan fingerprint density at radius 1 is 1.18 bits per heavy atom. The topological polar surface area (TPSA) is 96.8 Å². The zero-order chi connectivity index (χ0) is 24.3. The number of nitrogens with one attached hydrogen (secondary N) is 1. The van der Waals surface area contributed by atoms with Crippen LogP contribution in [0.15, 0.2) is 30.5 Å². The number of aliphatic hydroxyl groups excluding tert-OH is 1. The van der Waals surface area contributed by atoms with Crippen molar-refractivity contribution in [1.82, 2.24) is 15.3 Å². The Morgan fingerprint density at radius 3 is 2.53 bits per heavy atom. The predicted octanol–water partition coefficient (Wildman–Crippen LogP) is 4.28. The van der Waals surface area contributed by atoms with Crippen molar-refractivity contribution in [2.75, 3.05) is 18.5 Å². The van der Waals surface area contributed by atoms with Crippen molar-refractivity contribution in [3.63, 3.8) is 0 Å². The Labute approximate surface area is 195 Å². The van der Waals surface area contributed by atoms with Crippen molar-refractivity contribution in [2.24, 2.45) is 5.92 Å². The average Bonchev–Trinajstić information content (AvgIpc) is 3.59. The van der Waals surface area contributed by atoms with Crippen LogP contribution in [0.2, 0.25) is 0 Å². The molecule has 2 aliphatic rings. The molecule has 0 radical (unpaired) electrons. The normalized spacial score (nSPS) is 20.5. The van der Waals surface area contributed by atoms with Crippen LogP contribution in [0, 0.1) is 5.92 Å². The molecular weight excluding hydrogens is 453 g/mol. The fourth-order valence-corrected chi connectivity index (χ4v) is 4.03. The van der Waals surface area contributed by atoms with E-state index in [0.29, 0.717) is 35.8 Å². The van der Waals surface area contributed by atoms with E-state index >= 15 is 0 Å². The van der Waals surface area contributed by atoms with Gasteiger partial charge in [0.1, 0.15) is 11.4 Å². The molecule has 2 saturated carbocycles. The fraction of sp³-hybridized carbons (Fsp3) is 0.522. The number of rotatable bonds is 7. The molecule has 0 unspecified atom stereocenters. The lowest BCUT2D eigenvalue weighted by atomic mass is 9.93. The van der Waals surface area contributed by atoms with Crippen molar-refractivity contribution in [3.05, 3.63) is 30.5 Å². The van der Waals surface area contributed by atoms with Crippen molar-refractivity contribution in [1.29, 1.82) is 0 Å². The molecule has 184 valence electrons. The fourth-order valence-electron chi connectivity index (χ4n) is 4.03. The second-order valence-corrected chi connectivity index (χ2v) is 8.77. The van der Waals surface area contributed by atoms with Gasteiger partial charge in [-0.2, -0.15) is 0 Å². The van der Waals surface area contributed by atoms with Crippen molar-refractivity contribution >= 4 is 11.9 Å². The van der Waals surface area contributed by atoms with E-state index in [1.54, 1.807) is 0 Å². The predicted molar refractivity (Wildman–Crippen MR) is 118 cm³/mol. The van der Waals surface area contributed by atoms with Gasteiger partial charge in [-0.3, -0.25) is 0 Å². The van der Waals surface area contributed by atoms with E-state index in [4.69, 9.17) is 4.74 Å². The molecule has 1 heterocycles. The molecule has 0 bridgehead atoms. The number of carbonyl (C=O) groups is 1. The highest BCUT2D eigenvalue weighted by Crippen LogP contribution is 2.35. The smallest absolute Gasteiger partial charge is 0.406 e. The third-order valence-electron chi connectivity index (χ3n) is 5.91. The van der Waals surface area contributed by atoms with E-state index in [1.165, 1.54) is 30.5 Å². The largest absolute Gasteiger partial charge is 0.573 e. The Bertz CT molecular complexity index is 999. The number of nitrogens with zero attached hydrogens (tertiary/aromatic N) is 3. The summed E-state index contributed by atoms with van der Waals surface area (Å²) in [5.41, 5.74) is 0.859. The van der Waals surface area contributed by atoms with Gasteiger partial charge in [0.05, 0.1) is 18.3 Å². The third-order valence-corrected chi connectivity index (χ3v) is 5.91. The molecule has 34 heavy (non-hydrogen) atoms. The van der Waals surface area contributed by atoms with Crippen LogP contribution in [-0.2, 0) is 0 Å². The summed E-state index contributed by atoms with van der Waals surface area (Å²) in [6, 6.07) is 4.89. The molecule has 1 aromatic carbocycles. The van der Waals surface area contributed by atoms with Crippen molar-refractivity contribution in [2.45, 2.75) is 57.0 Å². The molecule has 0 aliphatic heterocycles. The van der Waals surface area contributed by atoms with Crippen molar-refractivity contribution < 1.29 is 32.5 Å². The van der Waals surface area contributed by atoms with Crippen LogP contribution in [0.4, 0.5) is 23.8 Å². The molecule has 1 aromatic heterocycles. The number of hydrogen-bond donors (Lipinski definition) is 2. The van der Waals surface area contributed by atoms with Gasteiger partial charge in [0, 0.05) is 19.2 Å². The molecule has 2 atom stereocenters. The lowest BCUT2D eigenvalue weighted by Gasteiger charge is -2.27. The maximum atomic E-state index is 12.5. The first-order valence-electron chi connectivity index (χ1n) is 11.3. The number of amides is 1. The SMILES string of the molecule is CN(CC1CC1)c1ncc(OC(=O)N[C@@H]2CCCC[C@H]2O)nc1-c1ccc(OC(F)(F)F)cc1. The number of benzene rings is 1. The number of hydrogen-bond acceptors (Lipinski definition) is 7. The molecule has 2 fully saturated rings. The molecular formula is C23H27F3N4O4.